The van der Waals surface area contributed by atoms with E-state index in [1.807, 2.05) is 30.3 Å². The molecule has 8 nitrogen and oxygen atoms in total. The summed E-state index contributed by atoms with van der Waals surface area (Å²) in [6.07, 6.45) is 0.893. The van der Waals surface area contributed by atoms with Crippen molar-refractivity contribution in [2.75, 3.05) is 18.4 Å². The predicted octanol–water partition coefficient (Wildman–Crippen LogP) is 2.07. The number of piperidine rings is 1. The molecule has 0 atom stereocenters. The fourth-order valence-electron chi connectivity index (χ4n) is 2.48. The zero-order chi connectivity index (χ0) is 16.2. The van der Waals surface area contributed by atoms with Gasteiger partial charge in [-0.25, -0.2) is 4.79 Å². The molecule has 23 heavy (non-hydrogen) atoms. The molecule has 1 aliphatic heterocycles. The highest BCUT2D eigenvalue weighted by atomic mass is 16.5. The third-order valence-corrected chi connectivity index (χ3v) is 3.80. The first-order valence-corrected chi connectivity index (χ1v) is 7.31. The first kappa shape index (κ1) is 15.0. The highest BCUT2D eigenvalue weighted by Crippen LogP contribution is 2.20. The molecule has 0 bridgehead atoms. The van der Waals surface area contributed by atoms with Crippen molar-refractivity contribution in [2.24, 2.45) is 5.92 Å². The van der Waals surface area contributed by atoms with Crippen LogP contribution in [-0.4, -0.2) is 45.2 Å². The van der Waals surface area contributed by atoms with E-state index in [0.29, 0.717) is 31.8 Å². The lowest BCUT2D eigenvalue weighted by atomic mass is 9.97. The van der Waals surface area contributed by atoms with Crippen LogP contribution in [0, 0.1) is 5.92 Å². The van der Waals surface area contributed by atoms with Gasteiger partial charge in [-0.3, -0.25) is 10.1 Å². The van der Waals surface area contributed by atoms with Crippen molar-refractivity contribution in [2.45, 2.75) is 12.8 Å². The second-order valence-corrected chi connectivity index (χ2v) is 5.32. The zero-order valence-electron chi connectivity index (χ0n) is 12.3. The summed E-state index contributed by atoms with van der Waals surface area (Å²) in [6, 6.07) is 8.94. The lowest BCUT2D eigenvalue weighted by molar-refractivity contribution is -0.143. The topological polar surface area (TPSA) is 109 Å². The Bertz CT molecular complexity index is 693. The van der Waals surface area contributed by atoms with Gasteiger partial charge in [0.2, 0.25) is 5.82 Å². The van der Waals surface area contributed by atoms with Gasteiger partial charge in [0.05, 0.1) is 5.92 Å². The van der Waals surface area contributed by atoms with Gasteiger partial charge in [-0.05, 0) is 12.8 Å². The van der Waals surface area contributed by atoms with Gasteiger partial charge in [0.1, 0.15) is 0 Å². The van der Waals surface area contributed by atoms with E-state index in [4.69, 9.17) is 9.63 Å². The van der Waals surface area contributed by atoms with Crippen molar-refractivity contribution in [1.29, 1.82) is 0 Å². The molecule has 0 unspecified atom stereocenters. The molecular formula is C15H16N4O4. The van der Waals surface area contributed by atoms with E-state index in [1.54, 1.807) is 4.90 Å². The Kier molecular flexibility index (Phi) is 4.22. The third-order valence-electron chi connectivity index (χ3n) is 3.80. The molecule has 0 radical (unpaired) electrons. The number of carboxylic acids is 1. The SMILES string of the molecule is O=C(O)C1CCN(C(=O)Nc2nc(-c3ccccc3)no2)CC1. The summed E-state index contributed by atoms with van der Waals surface area (Å²) in [7, 11) is 0. The number of amides is 2. The number of aliphatic carboxylic acids is 1. The number of hydrogen-bond donors (Lipinski definition) is 2. The summed E-state index contributed by atoms with van der Waals surface area (Å²) in [5.41, 5.74) is 0.791. The number of rotatable bonds is 3. The standard InChI is InChI=1S/C15H16N4O4/c20-13(21)11-6-8-19(9-7-11)15(22)17-14-16-12(18-23-14)10-4-2-1-3-5-10/h1-5,11H,6-9H2,(H,20,21)(H,16,17,18,22). The molecule has 1 saturated heterocycles. The average molecular weight is 316 g/mol. The van der Waals surface area contributed by atoms with Crippen molar-refractivity contribution in [3.63, 3.8) is 0 Å². The van der Waals surface area contributed by atoms with Crippen LogP contribution in [0.4, 0.5) is 10.8 Å². The van der Waals surface area contributed by atoms with Gasteiger partial charge < -0.3 is 14.5 Å². The number of carboxylic acid groups (broad SMARTS) is 1. The van der Waals surface area contributed by atoms with Crippen LogP contribution < -0.4 is 5.32 Å². The monoisotopic (exact) mass is 316 g/mol. The number of anilines is 1. The zero-order valence-corrected chi connectivity index (χ0v) is 12.3. The van der Waals surface area contributed by atoms with E-state index in [9.17, 15) is 9.59 Å². The summed E-state index contributed by atoms with van der Waals surface area (Å²) in [6.45, 7) is 0.783. The van der Waals surface area contributed by atoms with E-state index in [2.05, 4.69) is 15.5 Å². The molecule has 0 saturated carbocycles. The van der Waals surface area contributed by atoms with E-state index in [-0.39, 0.29) is 18.0 Å². The number of hydrogen-bond acceptors (Lipinski definition) is 5. The van der Waals surface area contributed by atoms with Crippen molar-refractivity contribution in [3.05, 3.63) is 30.3 Å². The Hall–Kier alpha value is -2.90. The van der Waals surface area contributed by atoms with Crippen LogP contribution >= 0.6 is 0 Å². The lowest BCUT2D eigenvalue weighted by Gasteiger charge is -2.29. The molecule has 8 heteroatoms. The Balaban J connectivity index is 1.59. The van der Waals surface area contributed by atoms with Gasteiger partial charge in [0.25, 0.3) is 0 Å². The van der Waals surface area contributed by atoms with Gasteiger partial charge in [0.15, 0.2) is 0 Å². The smallest absolute Gasteiger partial charge is 0.329 e. The predicted molar refractivity (Wildman–Crippen MR) is 80.7 cm³/mol. The molecule has 1 fully saturated rings. The first-order valence-electron chi connectivity index (χ1n) is 7.31. The van der Waals surface area contributed by atoms with Gasteiger partial charge in [-0.15, -0.1) is 0 Å². The highest BCUT2D eigenvalue weighted by Gasteiger charge is 2.27. The lowest BCUT2D eigenvalue weighted by Crippen LogP contribution is -2.42. The maximum absolute atomic E-state index is 12.1. The fraction of sp³-hybridized carbons (Fsp3) is 0.333. The number of aromatic nitrogens is 2. The number of urea groups is 1. The van der Waals surface area contributed by atoms with Crippen LogP contribution in [0.2, 0.25) is 0 Å². The van der Waals surface area contributed by atoms with E-state index in [1.165, 1.54) is 0 Å². The van der Waals surface area contributed by atoms with Crippen molar-refractivity contribution < 1.29 is 19.2 Å². The summed E-state index contributed by atoms with van der Waals surface area (Å²) in [5, 5.41) is 15.3. The maximum atomic E-state index is 12.1. The molecule has 1 aromatic heterocycles. The Morgan fingerprint density at radius 3 is 2.57 bits per heavy atom. The number of carbonyl (C=O) groups is 2. The van der Waals surface area contributed by atoms with Crippen LogP contribution in [0.25, 0.3) is 11.4 Å². The molecule has 2 N–H and O–H groups in total. The van der Waals surface area contributed by atoms with Crippen LogP contribution in [0.15, 0.2) is 34.9 Å². The Morgan fingerprint density at radius 1 is 1.22 bits per heavy atom. The van der Waals surface area contributed by atoms with Gasteiger partial charge >= 0.3 is 18.0 Å². The normalized spacial score (nSPS) is 15.4. The molecule has 120 valence electrons. The quantitative estimate of drug-likeness (QED) is 0.897. The van der Waals surface area contributed by atoms with Gasteiger partial charge in [0, 0.05) is 18.7 Å². The van der Waals surface area contributed by atoms with E-state index in [0.717, 1.165) is 5.56 Å². The van der Waals surface area contributed by atoms with Crippen LogP contribution in [-0.2, 0) is 4.79 Å². The first-order chi connectivity index (χ1) is 11.1. The molecular weight excluding hydrogens is 300 g/mol. The van der Waals surface area contributed by atoms with Gasteiger partial charge in [-0.1, -0.05) is 35.5 Å². The second kappa shape index (κ2) is 6.47. The van der Waals surface area contributed by atoms with Gasteiger partial charge in [-0.2, -0.15) is 4.98 Å². The Labute approximate surface area is 132 Å². The minimum atomic E-state index is -0.811. The summed E-state index contributed by atoms with van der Waals surface area (Å²) in [4.78, 5) is 28.7. The molecule has 0 spiro atoms. The second-order valence-electron chi connectivity index (χ2n) is 5.32. The molecule has 2 aromatic rings. The minimum absolute atomic E-state index is 0.0224. The molecule has 2 heterocycles. The minimum Gasteiger partial charge on any atom is -0.481 e. The molecule has 1 aliphatic rings. The summed E-state index contributed by atoms with van der Waals surface area (Å²) >= 11 is 0. The summed E-state index contributed by atoms with van der Waals surface area (Å²) < 4.78 is 5.03. The molecule has 2 amide bonds. The van der Waals surface area contributed by atoms with Crippen LogP contribution in [0.3, 0.4) is 0 Å². The number of benzene rings is 1. The number of nitrogens with zero attached hydrogens (tertiary/aromatic N) is 3. The molecule has 3 rings (SSSR count). The summed E-state index contributed by atoms with van der Waals surface area (Å²) in [5.74, 6) is -0.799. The maximum Gasteiger partial charge on any atom is 0.329 e. The van der Waals surface area contributed by atoms with Crippen molar-refractivity contribution >= 4 is 18.0 Å². The van der Waals surface area contributed by atoms with E-state index < -0.39 is 5.97 Å². The number of nitrogens with one attached hydrogen (secondary N) is 1. The van der Waals surface area contributed by atoms with E-state index >= 15 is 0 Å². The van der Waals surface area contributed by atoms with Crippen molar-refractivity contribution in [3.8, 4) is 11.4 Å². The number of carbonyl (C=O) groups excluding carboxylic acids is 1. The van der Waals surface area contributed by atoms with Crippen molar-refractivity contribution in [1.82, 2.24) is 15.0 Å². The molecule has 1 aromatic carbocycles. The Morgan fingerprint density at radius 2 is 1.91 bits per heavy atom. The highest BCUT2D eigenvalue weighted by molar-refractivity contribution is 5.87. The van der Waals surface area contributed by atoms with Crippen LogP contribution in [0.5, 0.6) is 0 Å². The number of likely N-dealkylation sites (tertiary alicyclic amines) is 1. The molecule has 0 aliphatic carbocycles. The largest absolute Gasteiger partial charge is 0.481 e. The third kappa shape index (κ3) is 3.47. The fourth-order valence-corrected chi connectivity index (χ4v) is 2.48. The van der Waals surface area contributed by atoms with Crippen LogP contribution in [0.1, 0.15) is 12.8 Å². The average Bonchev–Trinajstić information content (AvgIpc) is 3.04.